The zero-order valence-corrected chi connectivity index (χ0v) is 10.8. The lowest BCUT2D eigenvalue weighted by Gasteiger charge is -2.23. The normalized spacial score (nSPS) is 17.6. The van der Waals surface area contributed by atoms with E-state index in [4.69, 9.17) is 4.74 Å². The summed E-state index contributed by atoms with van der Waals surface area (Å²) in [4.78, 5) is 11.4. The van der Waals surface area contributed by atoms with Crippen molar-refractivity contribution in [2.75, 3.05) is 7.11 Å². The third kappa shape index (κ3) is 2.66. The van der Waals surface area contributed by atoms with Crippen LogP contribution in [0.4, 0.5) is 0 Å². The smallest absolute Gasteiger partial charge is 0.309 e. The Morgan fingerprint density at radius 2 is 1.89 bits per heavy atom. The first kappa shape index (κ1) is 12.9. The first-order valence-corrected chi connectivity index (χ1v) is 6.53. The lowest BCUT2D eigenvalue weighted by Crippen LogP contribution is -2.28. The Bertz CT molecular complexity index is 402. The number of carboxylic acid groups (broad SMARTS) is 1. The molecular weight excluding hydrogens is 228 g/mol. The van der Waals surface area contributed by atoms with Gasteiger partial charge < -0.3 is 9.84 Å². The number of rotatable bonds is 5. The van der Waals surface area contributed by atoms with Crippen molar-refractivity contribution >= 4 is 5.97 Å². The molecule has 1 aliphatic carbocycles. The first-order chi connectivity index (χ1) is 8.66. The van der Waals surface area contributed by atoms with Crippen molar-refractivity contribution in [1.82, 2.24) is 0 Å². The number of benzene rings is 1. The maximum Gasteiger partial charge on any atom is 0.309 e. The number of carbonyl (C=O) groups is 1. The molecule has 0 heterocycles. The SMILES string of the molecule is COc1ccc(CCC2(C(=O)O)CCCC2)cc1. The van der Waals surface area contributed by atoms with E-state index in [2.05, 4.69) is 0 Å². The molecule has 18 heavy (non-hydrogen) atoms. The van der Waals surface area contributed by atoms with E-state index >= 15 is 0 Å². The monoisotopic (exact) mass is 248 g/mol. The minimum absolute atomic E-state index is 0.472. The van der Waals surface area contributed by atoms with Crippen molar-refractivity contribution in [2.45, 2.75) is 38.5 Å². The van der Waals surface area contributed by atoms with Crippen LogP contribution >= 0.6 is 0 Å². The highest BCUT2D eigenvalue weighted by atomic mass is 16.5. The van der Waals surface area contributed by atoms with Gasteiger partial charge in [-0.1, -0.05) is 25.0 Å². The van der Waals surface area contributed by atoms with Crippen LogP contribution in [0.2, 0.25) is 0 Å². The quantitative estimate of drug-likeness (QED) is 0.869. The van der Waals surface area contributed by atoms with Gasteiger partial charge in [0.05, 0.1) is 12.5 Å². The summed E-state index contributed by atoms with van der Waals surface area (Å²) in [6.45, 7) is 0. The second kappa shape index (κ2) is 5.42. The molecule has 0 amide bonds. The summed E-state index contributed by atoms with van der Waals surface area (Å²) >= 11 is 0. The fourth-order valence-corrected chi connectivity index (χ4v) is 2.80. The number of aliphatic carboxylic acids is 1. The molecule has 0 atom stereocenters. The number of aryl methyl sites for hydroxylation is 1. The molecule has 1 aliphatic rings. The fraction of sp³-hybridized carbons (Fsp3) is 0.533. The molecule has 0 aromatic heterocycles. The molecular formula is C15H20O3. The molecule has 0 bridgehead atoms. The number of ether oxygens (including phenoxy) is 1. The molecule has 1 aromatic rings. The summed E-state index contributed by atoms with van der Waals surface area (Å²) in [5.74, 6) is 0.223. The van der Waals surface area contributed by atoms with Gasteiger partial charge in [0.2, 0.25) is 0 Å². The van der Waals surface area contributed by atoms with Gasteiger partial charge in [0.25, 0.3) is 0 Å². The Balaban J connectivity index is 1.99. The Kier molecular flexibility index (Phi) is 3.90. The third-order valence-electron chi connectivity index (χ3n) is 4.07. The van der Waals surface area contributed by atoms with E-state index in [9.17, 15) is 9.90 Å². The minimum Gasteiger partial charge on any atom is -0.497 e. The van der Waals surface area contributed by atoms with Crippen LogP contribution in [0.25, 0.3) is 0 Å². The predicted octanol–water partition coefficient (Wildman–Crippen LogP) is 3.27. The maximum atomic E-state index is 11.4. The highest BCUT2D eigenvalue weighted by Crippen LogP contribution is 2.42. The van der Waals surface area contributed by atoms with Crippen LogP contribution in [-0.2, 0) is 11.2 Å². The summed E-state index contributed by atoms with van der Waals surface area (Å²) in [7, 11) is 1.65. The van der Waals surface area contributed by atoms with E-state index < -0.39 is 11.4 Å². The van der Waals surface area contributed by atoms with Crippen LogP contribution in [-0.4, -0.2) is 18.2 Å². The number of hydrogen-bond acceptors (Lipinski definition) is 2. The largest absolute Gasteiger partial charge is 0.497 e. The topological polar surface area (TPSA) is 46.5 Å². The van der Waals surface area contributed by atoms with Crippen LogP contribution in [0.3, 0.4) is 0 Å². The maximum absolute atomic E-state index is 11.4. The molecule has 1 N–H and O–H groups in total. The summed E-state index contributed by atoms with van der Waals surface area (Å²) in [5.41, 5.74) is 0.711. The summed E-state index contributed by atoms with van der Waals surface area (Å²) in [6, 6.07) is 7.89. The second-order valence-electron chi connectivity index (χ2n) is 5.14. The van der Waals surface area contributed by atoms with Crippen molar-refractivity contribution in [2.24, 2.45) is 5.41 Å². The molecule has 98 valence electrons. The molecule has 0 aliphatic heterocycles. The van der Waals surface area contributed by atoms with E-state index in [-0.39, 0.29) is 0 Å². The number of methoxy groups -OCH3 is 1. The third-order valence-corrected chi connectivity index (χ3v) is 4.07. The molecule has 2 rings (SSSR count). The Morgan fingerprint density at radius 1 is 1.28 bits per heavy atom. The minimum atomic E-state index is -0.617. The molecule has 3 nitrogen and oxygen atoms in total. The first-order valence-electron chi connectivity index (χ1n) is 6.53. The molecule has 0 unspecified atom stereocenters. The summed E-state index contributed by atoms with van der Waals surface area (Å²) in [6.07, 6.45) is 5.34. The van der Waals surface area contributed by atoms with Gasteiger partial charge in [0, 0.05) is 0 Å². The van der Waals surface area contributed by atoms with Crippen LogP contribution in [0.5, 0.6) is 5.75 Å². The molecule has 1 aromatic carbocycles. The van der Waals surface area contributed by atoms with Crippen molar-refractivity contribution < 1.29 is 14.6 Å². The van der Waals surface area contributed by atoms with Crippen molar-refractivity contribution in [1.29, 1.82) is 0 Å². The van der Waals surface area contributed by atoms with Gasteiger partial charge in [-0.3, -0.25) is 4.79 Å². The molecule has 0 spiro atoms. The van der Waals surface area contributed by atoms with Crippen molar-refractivity contribution in [3.8, 4) is 5.75 Å². The lowest BCUT2D eigenvalue weighted by molar-refractivity contribution is -0.149. The predicted molar refractivity (Wildman–Crippen MR) is 69.9 cm³/mol. The number of hydrogen-bond donors (Lipinski definition) is 1. The zero-order valence-electron chi connectivity index (χ0n) is 10.8. The summed E-state index contributed by atoms with van der Waals surface area (Å²) < 4.78 is 5.11. The molecule has 1 fully saturated rings. The van der Waals surface area contributed by atoms with E-state index in [1.54, 1.807) is 7.11 Å². The average Bonchev–Trinajstić information content (AvgIpc) is 2.87. The highest BCUT2D eigenvalue weighted by Gasteiger charge is 2.40. The number of carboxylic acids is 1. The average molecular weight is 248 g/mol. The van der Waals surface area contributed by atoms with E-state index in [0.29, 0.717) is 0 Å². The van der Waals surface area contributed by atoms with E-state index in [0.717, 1.165) is 44.3 Å². The van der Waals surface area contributed by atoms with Gasteiger partial charge in [-0.05, 0) is 43.4 Å². The standard InChI is InChI=1S/C15H20O3/c1-18-13-6-4-12(5-7-13)8-11-15(14(16)17)9-2-3-10-15/h4-7H,2-3,8-11H2,1H3,(H,16,17). The van der Waals surface area contributed by atoms with Gasteiger partial charge in [-0.25, -0.2) is 0 Å². The van der Waals surface area contributed by atoms with Gasteiger partial charge in [0.15, 0.2) is 0 Å². The Morgan fingerprint density at radius 3 is 2.39 bits per heavy atom. The van der Waals surface area contributed by atoms with Crippen molar-refractivity contribution in [3.05, 3.63) is 29.8 Å². The van der Waals surface area contributed by atoms with Gasteiger partial charge in [-0.15, -0.1) is 0 Å². The summed E-state index contributed by atoms with van der Waals surface area (Å²) in [5, 5.41) is 9.40. The van der Waals surface area contributed by atoms with Crippen LogP contribution in [0.1, 0.15) is 37.7 Å². The lowest BCUT2D eigenvalue weighted by atomic mass is 9.80. The molecule has 3 heteroatoms. The van der Waals surface area contributed by atoms with Crippen LogP contribution < -0.4 is 4.74 Å². The van der Waals surface area contributed by atoms with Gasteiger partial charge in [0.1, 0.15) is 5.75 Å². The van der Waals surface area contributed by atoms with Gasteiger partial charge in [-0.2, -0.15) is 0 Å². The Labute approximate surface area is 108 Å². The Hall–Kier alpha value is -1.51. The van der Waals surface area contributed by atoms with E-state index in [1.165, 1.54) is 5.56 Å². The second-order valence-corrected chi connectivity index (χ2v) is 5.14. The van der Waals surface area contributed by atoms with Crippen LogP contribution in [0, 0.1) is 5.41 Å². The fourth-order valence-electron chi connectivity index (χ4n) is 2.80. The van der Waals surface area contributed by atoms with Crippen molar-refractivity contribution in [3.63, 3.8) is 0 Å². The van der Waals surface area contributed by atoms with E-state index in [1.807, 2.05) is 24.3 Å². The zero-order chi connectivity index (χ0) is 13.0. The van der Waals surface area contributed by atoms with Crippen LogP contribution in [0.15, 0.2) is 24.3 Å². The molecule has 0 radical (unpaired) electrons. The highest BCUT2D eigenvalue weighted by molar-refractivity contribution is 5.75. The molecule has 0 saturated heterocycles. The molecule has 1 saturated carbocycles. The van der Waals surface area contributed by atoms with Gasteiger partial charge >= 0.3 is 5.97 Å².